The number of alkyl halides is 1. The second kappa shape index (κ2) is 9.38. The molecule has 0 aromatic heterocycles. The smallest absolute Gasteiger partial charge is 0.242 e. The van der Waals surface area contributed by atoms with Gasteiger partial charge in [-0.1, -0.05) is 48.5 Å². The predicted molar refractivity (Wildman–Crippen MR) is 109 cm³/mol. The van der Waals surface area contributed by atoms with Crippen LogP contribution in [-0.4, -0.2) is 52.5 Å². The number of amidine groups is 1. The molecule has 2 aliphatic rings. The van der Waals surface area contributed by atoms with Crippen LogP contribution in [0.2, 0.25) is 0 Å². The lowest BCUT2D eigenvalue weighted by Crippen LogP contribution is -2.55. The summed E-state index contributed by atoms with van der Waals surface area (Å²) in [7, 11) is 1.87. The van der Waals surface area contributed by atoms with Crippen molar-refractivity contribution in [2.45, 2.75) is 88.9 Å². The molecule has 2 fully saturated rings. The number of nitrogens with zero attached hydrogens (tertiary/aromatic N) is 2. The van der Waals surface area contributed by atoms with E-state index < -0.39 is 0 Å². The average molecular weight is 414 g/mol. The molecule has 2 atom stereocenters. The van der Waals surface area contributed by atoms with Crippen LogP contribution in [0.25, 0.3) is 0 Å². The number of likely N-dealkylation sites (N-methyl/N-ethyl adjacent to an activating group) is 1. The summed E-state index contributed by atoms with van der Waals surface area (Å²) < 4.78 is 0. The molecule has 2 rings (SSSR count). The predicted octanol–water partition coefficient (Wildman–Crippen LogP) is 4.81. The van der Waals surface area contributed by atoms with Crippen LogP contribution in [-0.2, 0) is 4.79 Å². The van der Waals surface area contributed by atoms with Crippen LogP contribution < -0.4 is 0 Å². The first-order valence-electron chi connectivity index (χ1n) is 10.1. The number of halogens is 1. The van der Waals surface area contributed by atoms with Crippen molar-refractivity contribution in [2.75, 3.05) is 20.1 Å². The molecular weight excluding hydrogens is 378 g/mol. The number of carbonyl (C=O) groups excluding carboxylic acids is 1. The van der Waals surface area contributed by atoms with Crippen molar-refractivity contribution < 1.29 is 4.79 Å². The largest absolute Gasteiger partial charge is 0.349 e. The zero-order valence-corrected chi connectivity index (χ0v) is 17.9. The summed E-state index contributed by atoms with van der Waals surface area (Å²) in [5.74, 6) is 0.832. The molecule has 1 unspecified atom stereocenters. The first kappa shape index (κ1) is 20.7. The normalized spacial score (nSPS) is 24.6. The van der Waals surface area contributed by atoms with E-state index in [1.54, 1.807) is 0 Å². The van der Waals surface area contributed by atoms with Gasteiger partial charge in [0.2, 0.25) is 5.91 Å². The Morgan fingerprint density at radius 3 is 2.64 bits per heavy atom. The van der Waals surface area contributed by atoms with Gasteiger partial charge in [-0.05, 0) is 44.4 Å². The molecule has 1 aliphatic heterocycles. The molecule has 0 radical (unpaired) electrons. The highest BCUT2D eigenvalue weighted by Gasteiger charge is 2.37. The van der Waals surface area contributed by atoms with Crippen molar-refractivity contribution in [2.24, 2.45) is 5.41 Å². The number of piperazine rings is 1. The van der Waals surface area contributed by atoms with Gasteiger partial charge >= 0.3 is 0 Å². The summed E-state index contributed by atoms with van der Waals surface area (Å²) in [6.45, 7) is 5.51. The zero-order valence-electron chi connectivity index (χ0n) is 16.3. The molecule has 0 spiro atoms. The van der Waals surface area contributed by atoms with Gasteiger partial charge in [0.05, 0.1) is 12.4 Å². The number of carbonyl (C=O) groups is 1. The Kier molecular flexibility index (Phi) is 7.78. The summed E-state index contributed by atoms with van der Waals surface area (Å²) in [4.78, 5) is 16.6. The van der Waals surface area contributed by atoms with Gasteiger partial charge in [0.15, 0.2) is 0 Å². The first-order valence-corrected chi connectivity index (χ1v) is 11.0. The maximum atomic E-state index is 12.1. The van der Waals surface area contributed by atoms with E-state index in [4.69, 9.17) is 5.41 Å². The number of rotatable bonds is 8. The Labute approximate surface area is 162 Å². The van der Waals surface area contributed by atoms with Crippen LogP contribution in [0, 0.1) is 10.8 Å². The maximum absolute atomic E-state index is 12.1. The van der Waals surface area contributed by atoms with E-state index in [2.05, 4.69) is 29.8 Å². The minimum absolute atomic E-state index is 0.143. The molecule has 0 bridgehead atoms. The van der Waals surface area contributed by atoms with Crippen molar-refractivity contribution in [3.05, 3.63) is 0 Å². The van der Waals surface area contributed by atoms with Crippen LogP contribution in [0.3, 0.4) is 0 Å². The minimum Gasteiger partial charge on any atom is -0.349 e. The van der Waals surface area contributed by atoms with Crippen molar-refractivity contribution in [3.8, 4) is 0 Å². The summed E-state index contributed by atoms with van der Waals surface area (Å²) in [6, 6.07) is 0.196. The number of hydrogen-bond acceptors (Lipinski definition) is 2. The molecular formula is C20H36BrN3O. The standard InChI is InChI=1S/C20H36BrN3O/c1-4-5-8-17(21)9-12-20(10-6-7-11-20)13-18(22)24-14-16(2)23(3)19(25)15-24/h16-17,22H,4-15H2,1-3H3/t16-,17?/m0/s1. The molecule has 1 heterocycles. The summed E-state index contributed by atoms with van der Waals surface area (Å²) >= 11 is 3.86. The zero-order chi connectivity index (χ0) is 18.4. The van der Waals surface area contributed by atoms with E-state index in [0.717, 1.165) is 13.0 Å². The number of unbranched alkanes of at least 4 members (excludes halogenated alkanes) is 1. The number of nitrogens with one attached hydrogen (secondary N) is 1. The highest BCUT2D eigenvalue weighted by molar-refractivity contribution is 9.09. The molecule has 4 nitrogen and oxygen atoms in total. The fourth-order valence-corrected chi connectivity index (χ4v) is 4.92. The molecule has 1 N–H and O–H groups in total. The molecule has 144 valence electrons. The van der Waals surface area contributed by atoms with Gasteiger partial charge in [0, 0.05) is 30.9 Å². The third-order valence-corrected chi connectivity index (χ3v) is 7.23. The Bertz CT molecular complexity index is 462. The number of amides is 1. The first-order chi connectivity index (χ1) is 11.9. The molecule has 25 heavy (non-hydrogen) atoms. The van der Waals surface area contributed by atoms with Gasteiger partial charge in [0.25, 0.3) is 0 Å². The summed E-state index contributed by atoms with van der Waals surface area (Å²) in [6.07, 6.45) is 12.2. The van der Waals surface area contributed by atoms with E-state index in [-0.39, 0.29) is 11.9 Å². The Morgan fingerprint density at radius 2 is 2.04 bits per heavy atom. The molecule has 5 heteroatoms. The third-order valence-electron chi connectivity index (χ3n) is 6.31. The Hall–Kier alpha value is -0.580. The molecule has 0 aromatic carbocycles. The maximum Gasteiger partial charge on any atom is 0.242 e. The molecule has 0 aromatic rings. The SMILES string of the molecule is CCCCC(Br)CCC1(CC(=N)N2CC(=O)N(C)[C@@H](C)C2)CCCC1. The molecule has 1 saturated heterocycles. The second-order valence-electron chi connectivity index (χ2n) is 8.34. The Balaban J connectivity index is 1.91. The second-order valence-corrected chi connectivity index (χ2v) is 9.64. The topological polar surface area (TPSA) is 47.4 Å². The monoisotopic (exact) mass is 413 g/mol. The van der Waals surface area contributed by atoms with Gasteiger partial charge < -0.3 is 9.80 Å². The van der Waals surface area contributed by atoms with E-state index in [0.29, 0.717) is 22.6 Å². The van der Waals surface area contributed by atoms with Gasteiger partial charge in [-0.3, -0.25) is 10.2 Å². The Morgan fingerprint density at radius 1 is 1.36 bits per heavy atom. The quantitative estimate of drug-likeness (QED) is 0.352. The molecule has 1 amide bonds. The van der Waals surface area contributed by atoms with Crippen molar-refractivity contribution >= 4 is 27.7 Å². The van der Waals surface area contributed by atoms with Gasteiger partial charge in [-0.15, -0.1) is 0 Å². The van der Waals surface area contributed by atoms with Crippen molar-refractivity contribution in [1.82, 2.24) is 9.80 Å². The highest BCUT2D eigenvalue weighted by Crippen LogP contribution is 2.46. The van der Waals surface area contributed by atoms with E-state index in [1.165, 1.54) is 57.8 Å². The van der Waals surface area contributed by atoms with Gasteiger partial charge in [0.1, 0.15) is 0 Å². The van der Waals surface area contributed by atoms with E-state index in [1.807, 2.05) is 16.8 Å². The van der Waals surface area contributed by atoms with Crippen LogP contribution in [0.1, 0.15) is 78.1 Å². The van der Waals surface area contributed by atoms with Gasteiger partial charge in [-0.2, -0.15) is 0 Å². The van der Waals surface area contributed by atoms with Crippen LogP contribution in [0.15, 0.2) is 0 Å². The number of hydrogen-bond donors (Lipinski definition) is 1. The lowest BCUT2D eigenvalue weighted by Gasteiger charge is -2.40. The van der Waals surface area contributed by atoms with Crippen LogP contribution in [0.5, 0.6) is 0 Å². The van der Waals surface area contributed by atoms with Crippen molar-refractivity contribution in [3.63, 3.8) is 0 Å². The highest BCUT2D eigenvalue weighted by atomic mass is 79.9. The van der Waals surface area contributed by atoms with Crippen LogP contribution >= 0.6 is 15.9 Å². The fraction of sp³-hybridized carbons (Fsp3) is 0.900. The third kappa shape index (κ3) is 5.70. The summed E-state index contributed by atoms with van der Waals surface area (Å²) in [5.41, 5.74) is 0.297. The molecule has 1 aliphatic carbocycles. The lowest BCUT2D eigenvalue weighted by atomic mass is 9.77. The van der Waals surface area contributed by atoms with Crippen LogP contribution in [0.4, 0.5) is 0 Å². The minimum atomic E-state index is 0.143. The lowest BCUT2D eigenvalue weighted by molar-refractivity contribution is -0.135. The van der Waals surface area contributed by atoms with E-state index >= 15 is 0 Å². The van der Waals surface area contributed by atoms with Crippen molar-refractivity contribution in [1.29, 1.82) is 5.41 Å². The average Bonchev–Trinajstić information content (AvgIpc) is 3.04. The molecule has 1 saturated carbocycles. The van der Waals surface area contributed by atoms with E-state index in [9.17, 15) is 4.79 Å². The van der Waals surface area contributed by atoms with Gasteiger partial charge in [-0.25, -0.2) is 0 Å². The fourth-order valence-electron chi connectivity index (χ4n) is 4.37. The summed E-state index contributed by atoms with van der Waals surface area (Å²) in [5, 5.41) is 8.66.